The number of hydrogen-bond donors (Lipinski definition) is 2. The molecule has 0 aliphatic carbocycles. The highest BCUT2D eigenvalue weighted by Gasteiger charge is 2.37. The molecule has 0 radical (unpaired) electrons. The molecule has 2 aromatic carbocycles. The Kier molecular flexibility index (Phi) is 5.94. The predicted molar refractivity (Wildman–Crippen MR) is 119 cm³/mol. The first kappa shape index (κ1) is 20.3. The van der Waals surface area contributed by atoms with E-state index in [1.165, 1.54) is 17.3 Å². The van der Waals surface area contributed by atoms with Crippen molar-refractivity contribution in [3.63, 3.8) is 0 Å². The zero-order chi connectivity index (χ0) is 21.1. The second-order valence-corrected chi connectivity index (χ2v) is 8.15. The number of carbonyl (C=O) groups excluding carboxylic acids is 1. The summed E-state index contributed by atoms with van der Waals surface area (Å²) in [7, 11) is 1.62. The van der Waals surface area contributed by atoms with Gasteiger partial charge >= 0.3 is 0 Å². The van der Waals surface area contributed by atoms with Gasteiger partial charge in [0.1, 0.15) is 11.0 Å². The lowest BCUT2D eigenvalue weighted by Gasteiger charge is -2.33. The molecule has 0 fully saturated rings. The number of carbonyl (C=O) groups is 1. The van der Waals surface area contributed by atoms with Gasteiger partial charge < -0.3 is 15.5 Å². The number of methoxy groups -OCH3 is 1. The topological polar surface area (TPSA) is 81.1 Å². The zero-order valence-corrected chi connectivity index (χ0v) is 18.1. The minimum absolute atomic E-state index is 0.0884. The van der Waals surface area contributed by atoms with Crippen LogP contribution < -0.4 is 15.5 Å². The molecule has 2 atom stereocenters. The van der Waals surface area contributed by atoms with Gasteiger partial charge in [-0.25, -0.2) is 4.68 Å². The molecule has 3 aromatic rings. The van der Waals surface area contributed by atoms with Crippen LogP contribution in [0.2, 0.25) is 0 Å². The molecule has 1 aromatic heterocycles. The summed E-state index contributed by atoms with van der Waals surface area (Å²) in [4.78, 5) is 13.3. The van der Waals surface area contributed by atoms with Crippen molar-refractivity contribution in [1.29, 1.82) is 0 Å². The summed E-state index contributed by atoms with van der Waals surface area (Å²) in [5, 5.41) is 11.8. The average molecular weight is 424 g/mol. The normalized spacial score (nSPS) is 17.7. The SMILES string of the molecule is CCc1ccc([C@@H]2Nn3c(CC)nnc3S[C@@H]2C(=O)Nc2ccc(OC)cc2)cc1. The van der Waals surface area contributed by atoms with Crippen molar-refractivity contribution < 1.29 is 9.53 Å². The summed E-state index contributed by atoms with van der Waals surface area (Å²) in [5.74, 6) is 1.51. The molecule has 2 heterocycles. The van der Waals surface area contributed by atoms with Crippen molar-refractivity contribution >= 4 is 23.4 Å². The molecule has 0 unspecified atom stereocenters. The van der Waals surface area contributed by atoms with Crippen LogP contribution in [0.15, 0.2) is 53.7 Å². The van der Waals surface area contributed by atoms with E-state index in [0.29, 0.717) is 5.16 Å². The highest BCUT2D eigenvalue weighted by molar-refractivity contribution is 8.00. The van der Waals surface area contributed by atoms with Crippen molar-refractivity contribution in [1.82, 2.24) is 14.9 Å². The molecule has 4 rings (SSSR count). The quantitative estimate of drug-likeness (QED) is 0.628. The van der Waals surface area contributed by atoms with Crippen molar-refractivity contribution in [2.45, 2.75) is 43.1 Å². The Balaban J connectivity index is 1.63. The van der Waals surface area contributed by atoms with Crippen LogP contribution in [0.25, 0.3) is 0 Å². The number of benzene rings is 2. The second-order valence-electron chi connectivity index (χ2n) is 7.05. The number of nitrogens with one attached hydrogen (secondary N) is 2. The summed E-state index contributed by atoms with van der Waals surface area (Å²) < 4.78 is 7.09. The minimum atomic E-state index is -0.402. The molecular formula is C22H25N5O2S. The lowest BCUT2D eigenvalue weighted by molar-refractivity contribution is -0.116. The lowest BCUT2D eigenvalue weighted by atomic mass is 10.0. The largest absolute Gasteiger partial charge is 0.497 e. The third kappa shape index (κ3) is 4.00. The molecule has 0 spiro atoms. The molecule has 7 nitrogen and oxygen atoms in total. The minimum Gasteiger partial charge on any atom is -0.497 e. The van der Waals surface area contributed by atoms with Gasteiger partial charge in [-0.1, -0.05) is 49.9 Å². The molecular weight excluding hydrogens is 398 g/mol. The molecule has 0 bridgehead atoms. The highest BCUT2D eigenvalue weighted by Crippen LogP contribution is 2.37. The third-order valence-corrected chi connectivity index (χ3v) is 6.40. The number of aryl methyl sites for hydroxylation is 2. The molecule has 30 heavy (non-hydrogen) atoms. The number of rotatable bonds is 6. The smallest absolute Gasteiger partial charge is 0.240 e. The van der Waals surface area contributed by atoms with Gasteiger partial charge in [0.05, 0.1) is 13.2 Å². The molecule has 0 saturated heterocycles. The van der Waals surface area contributed by atoms with E-state index in [2.05, 4.69) is 52.1 Å². The fourth-order valence-corrected chi connectivity index (χ4v) is 4.52. The van der Waals surface area contributed by atoms with E-state index in [1.807, 2.05) is 35.9 Å². The van der Waals surface area contributed by atoms with Crippen LogP contribution in [0.3, 0.4) is 0 Å². The Bertz CT molecular complexity index is 1020. The van der Waals surface area contributed by atoms with Gasteiger partial charge in [0.15, 0.2) is 5.82 Å². The maximum absolute atomic E-state index is 13.3. The van der Waals surface area contributed by atoms with Crippen LogP contribution in [0.4, 0.5) is 5.69 Å². The fourth-order valence-electron chi connectivity index (χ4n) is 3.43. The molecule has 1 aliphatic heterocycles. The van der Waals surface area contributed by atoms with Gasteiger partial charge in [0, 0.05) is 12.1 Å². The van der Waals surface area contributed by atoms with E-state index < -0.39 is 5.25 Å². The average Bonchev–Trinajstić information content (AvgIpc) is 3.21. The number of hydrogen-bond acceptors (Lipinski definition) is 6. The molecule has 2 N–H and O–H groups in total. The molecule has 1 aliphatic rings. The number of aromatic nitrogens is 3. The standard InChI is InChI=1S/C22H25N5O2S/c1-4-14-6-8-15(9-7-14)19-20(30-22-25-24-18(5-2)27(22)26-19)21(28)23-16-10-12-17(29-3)13-11-16/h6-13,19-20,26H,4-5H2,1-3H3,(H,23,28)/t19-,20-/m0/s1. The maximum atomic E-state index is 13.3. The number of thioether (sulfide) groups is 1. The summed E-state index contributed by atoms with van der Waals surface area (Å²) in [6.45, 7) is 4.17. The maximum Gasteiger partial charge on any atom is 0.240 e. The van der Waals surface area contributed by atoms with Gasteiger partial charge in [-0.15, -0.1) is 10.2 Å². The van der Waals surface area contributed by atoms with Gasteiger partial charge in [-0.2, -0.15) is 0 Å². The summed E-state index contributed by atoms with van der Waals surface area (Å²) in [5.41, 5.74) is 6.52. The van der Waals surface area contributed by atoms with E-state index in [9.17, 15) is 4.79 Å². The summed E-state index contributed by atoms with van der Waals surface area (Å²) in [6.07, 6.45) is 1.73. The molecule has 8 heteroatoms. The number of anilines is 1. The van der Waals surface area contributed by atoms with Gasteiger partial charge in [-0.3, -0.25) is 4.79 Å². The second kappa shape index (κ2) is 8.79. The van der Waals surface area contributed by atoms with E-state index >= 15 is 0 Å². The van der Waals surface area contributed by atoms with Crippen molar-refractivity contribution in [2.75, 3.05) is 17.9 Å². The van der Waals surface area contributed by atoms with Gasteiger partial charge in [0.2, 0.25) is 11.1 Å². The Morgan fingerprint density at radius 1 is 1.10 bits per heavy atom. The first-order valence-electron chi connectivity index (χ1n) is 10.0. The van der Waals surface area contributed by atoms with Crippen LogP contribution in [0.1, 0.15) is 36.8 Å². The molecule has 1 amide bonds. The Hall–Kier alpha value is -3.00. The molecule has 156 valence electrons. The van der Waals surface area contributed by atoms with E-state index in [4.69, 9.17) is 4.74 Å². The zero-order valence-electron chi connectivity index (χ0n) is 17.3. The van der Waals surface area contributed by atoms with Crippen LogP contribution in [-0.2, 0) is 17.6 Å². The lowest BCUT2D eigenvalue weighted by Crippen LogP contribution is -2.41. The first-order chi connectivity index (χ1) is 14.6. The van der Waals surface area contributed by atoms with Crippen LogP contribution in [0, 0.1) is 0 Å². The number of nitrogens with zero attached hydrogens (tertiary/aromatic N) is 3. The third-order valence-electron chi connectivity index (χ3n) is 5.18. The Morgan fingerprint density at radius 3 is 2.47 bits per heavy atom. The van der Waals surface area contributed by atoms with Crippen molar-refractivity contribution in [3.05, 3.63) is 65.5 Å². The Labute approximate surface area is 180 Å². The summed E-state index contributed by atoms with van der Waals surface area (Å²) in [6, 6.07) is 15.5. The van der Waals surface area contributed by atoms with Crippen LogP contribution in [-0.4, -0.2) is 33.1 Å². The number of fused-ring (bicyclic) bond motifs is 1. The van der Waals surface area contributed by atoms with E-state index in [1.54, 1.807) is 7.11 Å². The monoisotopic (exact) mass is 423 g/mol. The van der Waals surface area contributed by atoms with Crippen LogP contribution >= 0.6 is 11.8 Å². The van der Waals surface area contributed by atoms with E-state index in [0.717, 1.165) is 35.7 Å². The van der Waals surface area contributed by atoms with Crippen molar-refractivity contribution in [2.24, 2.45) is 0 Å². The number of amides is 1. The van der Waals surface area contributed by atoms with Crippen molar-refractivity contribution in [3.8, 4) is 5.75 Å². The van der Waals surface area contributed by atoms with Crippen LogP contribution in [0.5, 0.6) is 5.75 Å². The van der Waals surface area contributed by atoms with Gasteiger partial charge in [-0.05, 0) is 41.8 Å². The first-order valence-corrected chi connectivity index (χ1v) is 10.9. The summed E-state index contributed by atoms with van der Waals surface area (Å²) >= 11 is 1.43. The highest BCUT2D eigenvalue weighted by atomic mass is 32.2. The van der Waals surface area contributed by atoms with E-state index in [-0.39, 0.29) is 11.9 Å². The number of ether oxygens (including phenoxy) is 1. The van der Waals surface area contributed by atoms with Gasteiger partial charge in [0.25, 0.3) is 0 Å². The predicted octanol–water partition coefficient (Wildman–Crippen LogP) is 3.81. The fraction of sp³-hybridized carbons (Fsp3) is 0.318. The molecule has 0 saturated carbocycles. The Morgan fingerprint density at radius 2 is 1.83 bits per heavy atom.